The van der Waals surface area contributed by atoms with Gasteiger partial charge in [0.25, 0.3) is 5.91 Å². The average Bonchev–Trinajstić information content (AvgIpc) is 2.70. The van der Waals surface area contributed by atoms with E-state index >= 15 is 0 Å². The maximum Gasteiger partial charge on any atom is 0.262 e. The van der Waals surface area contributed by atoms with Crippen LogP contribution in [0.15, 0.2) is 66.7 Å². The zero-order chi connectivity index (χ0) is 19.0. The highest BCUT2D eigenvalue weighted by atomic mass is 35.5. The van der Waals surface area contributed by atoms with Crippen molar-refractivity contribution >= 4 is 28.9 Å². The summed E-state index contributed by atoms with van der Waals surface area (Å²) < 4.78 is 5.23. The zero-order valence-corrected chi connectivity index (χ0v) is 15.3. The molecule has 0 bridgehead atoms. The second-order valence-electron chi connectivity index (χ2n) is 6.16. The number of rotatable bonds is 3. The second-order valence-corrected chi connectivity index (χ2v) is 6.56. The molecule has 0 unspecified atom stereocenters. The number of carbonyl (C=O) groups excluding carboxylic acids is 1. The number of ether oxygens (including phenoxy) is 1. The summed E-state index contributed by atoms with van der Waals surface area (Å²) in [7, 11) is 1.46. The molecule has 1 heterocycles. The van der Waals surface area contributed by atoms with Crippen LogP contribution in [-0.2, 0) is 0 Å². The van der Waals surface area contributed by atoms with Gasteiger partial charge in [0.05, 0.1) is 17.7 Å². The van der Waals surface area contributed by atoms with Crippen molar-refractivity contribution in [1.29, 1.82) is 0 Å². The molecule has 6 heteroatoms. The molecule has 1 aliphatic heterocycles. The molecule has 0 spiro atoms. The van der Waals surface area contributed by atoms with E-state index in [1.54, 1.807) is 23.1 Å². The van der Waals surface area contributed by atoms with Crippen LogP contribution >= 0.6 is 11.6 Å². The number of fused-ring (bicyclic) bond motifs is 1. The molecular formula is C21H17ClN2O3. The molecule has 0 fully saturated rings. The summed E-state index contributed by atoms with van der Waals surface area (Å²) in [5.74, 6) is -0.000882. The Labute approximate surface area is 161 Å². The van der Waals surface area contributed by atoms with Gasteiger partial charge in [-0.1, -0.05) is 41.9 Å². The van der Waals surface area contributed by atoms with Crippen molar-refractivity contribution < 1.29 is 14.6 Å². The van der Waals surface area contributed by atoms with Gasteiger partial charge in [-0.3, -0.25) is 9.69 Å². The third-order valence-electron chi connectivity index (χ3n) is 4.55. The summed E-state index contributed by atoms with van der Waals surface area (Å²) in [6.45, 7) is 0. The number of para-hydroxylation sites is 2. The average molecular weight is 381 g/mol. The number of phenolic OH excluding ortho intramolecular Hbond substituents is 1. The predicted molar refractivity (Wildman–Crippen MR) is 106 cm³/mol. The van der Waals surface area contributed by atoms with Crippen LogP contribution in [0.2, 0.25) is 5.02 Å². The summed E-state index contributed by atoms with van der Waals surface area (Å²) in [6, 6.07) is 20.1. The minimum atomic E-state index is -0.512. The molecule has 4 rings (SSSR count). The lowest BCUT2D eigenvalue weighted by atomic mass is 10.0. The monoisotopic (exact) mass is 380 g/mol. The van der Waals surface area contributed by atoms with Gasteiger partial charge in [-0.25, -0.2) is 0 Å². The van der Waals surface area contributed by atoms with E-state index in [-0.39, 0.29) is 22.4 Å². The second kappa shape index (κ2) is 6.85. The molecule has 1 aliphatic rings. The Hall–Kier alpha value is -3.18. The normalized spacial score (nSPS) is 15.9. The smallest absolute Gasteiger partial charge is 0.262 e. The van der Waals surface area contributed by atoms with Crippen LogP contribution in [0.1, 0.15) is 22.1 Å². The van der Waals surface area contributed by atoms with Gasteiger partial charge < -0.3 is 15.2 Å². The number of phenols is 1. The molecule has 0 aliphatic carbocycles. The van der Waals surface area contributed by atoms with Crippen LogP contribution in [0, 0.1) is 0 Å². The first kappa shape index (κ1) is 17.2. The lowest BCUT2D eigenvalue weighted by Crippen LogP contribution is -2.43. The number of hydrogen-bond acceptors (Lipinski definition) is 4. The van der Waals surface area contributed by atoms with Crippen molar-refractivity contribution in [3.63, 3.8) is 0 Å². The minimum absolute atomic E-state index is 0.122. The number of nitrogens with zero attached hydrogens (tertiary/aromatic N) is 1. The van der Waals surface area contributed by atoms with Crippen LogP contribution < -0.4 is 15.0 Å². The standard InChI is InChI=1S/C21H17ClN2O3/c1-27-18-12-13(11-16(22)19(18)25)20-23-17-10-6-5-9-15(17)21(26)24(20)14-7-3-2-4-8-14/h2-12,20,23,25H,1H3/t20-/m0/s1. The number of carbonyl (C=O) groups is 1. The highest BCUT2D eigenvalue weighted by Gasteiger charge is 2.34. The van der Waals surface area contributed by atoms with Crippen LogP contribution in [0.3, 0.4) is 0 Å². The van der Waals surface area contributed by atoms with E-state index in [2.05, 4.69) is 5.32 Å². The number of amides is 1. The van der Waals surface area contributed by atoms with E-state index in [4.69, 9.17) is 16.3 Å². The van der Waals surface area contributed by atoms with Crippen molar-refractivity contribution in [2.75, 3.05) is 17.3 Å². The number of halogens is 1. The largest absolute Gasteiger partial charge is 0.503 e. The van der Waals surface area contributed by atoms with Gasteiger partial charge in [0.1, 0.15) is 6.17 Å². The third kappa shape index (κ3) is 2.96. The number of anilines is 2. The first-order valence-corrected chi connectivity index (χ1v) is 8.78. The Morgan fingerprint density at radius 3 is 2.52 bits per heavy atom. The van der Waals surface area contributed by atoms with Crippen LogP contribution in [0.4, 0.5) is 11.4 Å². The van der Waals surface area contributed by atoms with Gasteiger partial charge in [0, 0.05) is 16.9 Å². The quantitative estimate of drug-likeness (QED) is 0.683. The fourth-order valence-corrected chi connectivity index (χ4v) is 3.47. The van der Waals surface area contributed by atoms with Gasteiger partial charge in [0.15, 0.2) is 11.5 Å². The van der Waals surface area contributed by atoms with Crippen LogP contribution in [0.25, 0.3) is 0 Å². The Bertz CT molecular complexity index is 1010. The van der Waals surface area contributed by atoms with Gasteiger partial charge in [-0.2, -0.15) is 0 Å². The number of nitrogens with one attached hydrogen (secondary N) is 1. The van der Waals surface area contributed by atoms with E-state index < -0.39 is 6.17 Å². The summed E-state index contributed by atoms with van der Waals surface area (Å²) in [5.41, 5.74) is 2.77. The molecule has 3 aromatic carbocycles. The van der Waals surface area contributed by atoms with Crippen molar-refractivity contribution in [3.8, 4) is 11.5 Å². The lowest BCUT2D eigenvalue weighted by molar-refractivity contribution is 0.0975. The number of hydrogen-bond donors (Lipinski definition) is 2. The molecule has 2 N–H and O–H groups in total. The fraction of sp³-hybridized carbons (Fsp3) is 0.0952. The van der Waals surface area contributed by atoms with Crippen LogP contribution in [0.5, 0.6) is 11.5 Å². The van der Waals surface area contributed by atoms with E-state index in [0.29, 0.717) is 11.1 Å². The maximum atomic E-state index is 13.3. The van der Waals surface area contributed by atoms with Crippen molar-refractivity contribution in [3.05, 3.63) is 82.9 Å². The molecule has 27 heavy (non-hydrogen) atoms. The van der Waals surface area contributed by atoms with Crippen molar-refractivity contribution in [2.45, 2.75) is 6.17 Å². The van der Waals surface area contributed by atoms with E-state index in [1.165, 1.54) is 7.11 Å². The number of benzene rings is 3. The SMILES string of the molecule is COc1cc([C@H]2Nc3ccccc3C(=O)N2c2ccccc2)cc(Cl)c1O. The van der Waals surface area contributed by atoms with Crippen LogP contribution in [-0.4, -0.2) is 18.1 Å². The zero-order valence-electron chi connectivity index (χ0n) is 14.5. The fourth-order valence-electron chi connectivity index (χ4n) is 3.25. The minimum Gasteiger partial charge on any atom is -0.503 e. The Morgan fingerprint density at radius 2 is 1.78 bits per heavy atom. The van der Waals surface area contributed by atoms with E-state index in [0.717, 1.165) is 11.4 Å². The molecule has 3 aromatic rings. The summed E-state index contributed by atoms with van der Waals surface area (Å²) in [4.78, 5) is 15.0. The molecule has 1 atom stereocenters. The first-order valence-electron chi connectivity index (χ1n) is 8.40. The molecule has 0 saturated carbocycles. The molecule has 136 valence electrons. The predicted octanol–water partition coefficient (Wildman–Crippen LogP) is 4.83. The Balaban J connectivity index is 1.89. The summed E-state index contributed by atoms with van der Waals surface area (Å²) in [5, 5.41) is 13.6. The molecule has 5 nitrogen and oxygen atoms in total. The highest BCUT2D eigenvalue weighted by Crippen LogP contribution is 2.41. The summed E-state index contributed by atoms with van der Waals surface area (Å²) >= 11 is 6.19. The maximum absolute atomic E-state index is 13.3. The Kier molecular flexibility index (Phi) is 4.38. The first-order chi connectivity index (χ1) is 13.1. The third-order valence-corrected chi connectivity index (χ3v) is 4.84. The van der Waals surface area contributed by atoms with Gasteiger partial charge >= 0.3 is 0 Å². The van der Waals surface area contributed by atoms with Gasteiger partial charge in [0.2, 0.25) is 0 Å². The molecular weight excluding hydrogens is 364 g/mol. The van der Waals surface area contributed by atoms with Crippen molar-refractivity contribution in [1.82, 2.24) is 0 Å². The van der Waals surface area contributed by atoms with Crippen molar-refractivity contribution in [2.24, 2.45) is 0 Å². The number of methoxy groups -OCH3 is 1. The molecule has 0 aromatic heterocycles. The lowest BCUT2D eigenvalue weighted by Gasteiger charge is -2.38. The van der Waals surface area contributed by atoms with Gasteiger partial charge in [-0.15, -0.1) is 0 Å². The molecule has 0 saturated heterocycles. The van der Waals surface area contributed by atoms with E-state index in [1.807, 2.05) is 48.5 Å². The topological polar surface area (TPSA) is 61.8 Å². The molecule has 0 radical (unpaired) electrons. The molecule has 1 amide bonds. The Morgan fingerprint density at radius 1 is 1.07 bits per heavy atom. The summed E-state index contributed by atoms with van der Waals surface area (Å²) in [6.07, 6.45) is -0.512. The highest BCUT2D eigenvalue weighted by molar-refractivity contribution is 6.32. The number of aromatic hydroxyl groups is 1. The van der Waals surface area contributed by atoms with E-state index in [9.17, 15) is 9.90 Å². The van der Waals surface area contributed by atoms with Gasteiger partial charge in [-0.05, 0) is 36.4 Å².